The molecule has 0 saturated carbocycles. The number of anilines is 1. The van der Waals surface area contributed by atoms with Gasteiger partial charge in [0, 0.05) is 24.7 Å². The number of nitrogen functional groups attached to an aromatic ring is 1. The zero-order chi connectivity index (χ0) is 14.9. The number of carboxylic acids is 1. The van der Waals surface area contributed by atoms with Gasteiger partial charge in [0.25, 0.3) is 0 Å². The van der Waals surface area contributed by atoms with E-state index >= 15 is 0 Å². The zero-order valence-corrected chi connectivity index (χ0v) is 11.8. The number of hydrogen-bond acceptors (Lipinski definition) is 3. The summed E-state index contributed by atoms with van der Waals surface area (Å²) >= 11 is 0. The second-order valence-corrected chi connectivity index (χ2v) is 5.92. The van der Waals surface area contributed by atoms with Crippen LogP contribution in [-0.4, -0.2) is 35.0 Å². The molecule has 0 spiro atoms. The Morgan fingerprint density at radius 1 is 1.30 bits per heavy atom. The maximum absolute atomic E-state index is 12.5. The number of carbonyl (C=O) groups excluding carboxylic acids is 1. The summed E-state index contributed by atoms with van der Waals surface area (Å²) in [7, 11) is 0. The predicted octanol–water partition coefficient (Wildman–Crippen LogP) is 1.48. The number of amides is 1. The monoisotopic (exact) mass is 276 g/mol. The summed E-state index contributed by atoms with van der Waals surface area (Å²) in [6.45, 7) is 4.82. The lowest BCUT2D eigenvalue weighted by atomic mass is 9.81. The van der Waals surface area contributed by atoms with Crippen molar-refractivity contribution < 1.29 is 14.7 Å². The Morgan fingerprint density at radius 3 is 2.35 bits per heavy atom. The summed E-state index contributed by atoms with van der Waals surface area (Å²) in [6.07, 6.45) is 0.131. The second kappa shape index (κ2) is 5.15. The van der Waals surface area contributed by atoms with Crippen molar-refractivity contribution >= 4 is 17.6 Å². The number of carbonyl (C=O) groups is 2. The molecular weight excluding hydrogens is 256 g/mol. The fraction of sp³-hybridized carbons (Fsp3) is 0.467. The van der Waals surface area contributed by atoms with E-state index in [0.29, 0.717) is 18.8 Å². The Morgan fingerprint density at radius 2 is 1.85 bits per heavy atom. The topological polar surface area (TPSA) is 83.6 Å². The van der Waals surface area contributed by atoms with E-state index in [1.54, 1.807) is 17.0 Å². The third-order valence-corrected chi connectivity index (χ3v) is 3.87. The largest absolute Gasteiger partial charge is 0.481 e. The molecule has 108 valence electrons. The molecule has 5 nitrogen and oxygen atoms in total. The van der Waals surface area contributed by atoms with Crippen LogP contribution in [0.4, 0.5) is 5.69 Å². The molecule has 3 N–H and O–H groups in total. The number of benzene rings is 1. The van der Waals surface area contributed by atoms with Crippen molar-refractivity contribution in [3.05, 3.63) is 29.8 Å². The number of carboxylic acid groups (broad SMARTS) is 1. The molecule has 1 aliphatic heterocycles. The van der Waals surface area contributed by atoms with Gasteiger partial charge in [0.2, 0.25) is 5.91 Å². The molecule has 0 unspecified atom stereocenters. The molecule has 2 rings (SSSR count). The first-order valence-corrected chi connectivity index (χ1v) is 6.68. The first-order valence-electron chi connectivity index (χ1n) is 6.68. The van der Waals surface area contributed by atoms with Gasteiger partial charge >= 0.3 is 5.97 Å². The highest BCUT2D eigenvalue weighted by Gasteiger charge is 2.40. The van der Waals surface area contributed by atoms with Crippen molar-refractivity contribution in [3.8, 4) is 0 Å². The molecule has 0 atom stereocenters. The van der Waals surface area contributed by atoms with Crippen molar-refractivity contribution in [2.24, 2.45) is 5.92 Å². The van der Waals surface area contributed by atoms with E-state index in [1.807, 2.05) is 26.0 Å². The van der Waals surface area contributed by atoms with Crippen LogP contribution in [0.5, 0.6) is 0 Å². The fourth-order valence-electron chi connectivity index (χ4n) is 2.53. The molecule has 0 radical (unpaired) electrons. The Hall–Kier alpha value is -2.04. The lowest BCUT2D eigenvalue weighted by Crippen LogP contribution is -2.55. The van der Waals surface area contributed by atoms with Gasteiger partial charge in [-0.15, -0.1) is 0 Å². The number of nitrogens with two attached hydrogens (primary N) is 1. The first kappa shape index (κ1) is 14.4. The standard InChI is InChI=1S/C15H20N2O3/c1-15(2,11-3-5-12(16)6-4-11)14(20)17-8-10(9-17)7-13(18)19/h3-6,10H,7-9,16H2,1-2H3,(H,18,19). The molecule has 1 saturated heterocycles. The van der Waals surface area contributed by atoms with E-state index in [2.05, 4.69) is 0 Å². The zero-order valence-electron chi connectivity index (χ0n) is 11.8. The molecule has 0 bridgehead atoms. The smallest absolute Gasteiger partial charge is 0.303 e. The van der Waals surface area contributed by atoms with Crippen LogP contribution in [-0.2, 0) is 15.0 Å². The van der Waals surface area contributed by atoms with E-state index < -0.39 is 11.4 Å². The average Bonchev–Trinajstić information content (AvgIpc) is 2.32. The molecule has 1 amide bonds. The number of rotatable bonds is 4. The van der Waals surface area contributed by atoms with Gasteiger partial charge in [0.1, 0.15) is 0 Å². The molecule has 1 aliphatic rings. The molecular formula is C15H20N2O3. The minimum absolute atomic E-state index is 0.0314. The maximum Gasteiger partial charge on any atom is 0.303 e. The fourth-order valence-corrected chi connectivity index (χ4v) is 2.53. The minimum atomic E-state index is -0.806. The highest BCUT2D eigenvalue weighted by atomic mass is 16.4. The highest BCUT2D eigenvalue weighted by Crippen LogP contribution is 2.30. The van der Waals surface area contributed by atoms with Crippen molar-refractivity contribution in [2.75, 3.05) is 18.8 Å². The maximum atomic E-state index is 12.5. The summed E-state index contributed by atoms with van der Waals surface area (Å²) in [6, 6.07) is 7.30. The molecule has 0 aromatic heterocycles. The predicted molar refractivity (Wildman–Crippen MR) is 76.2 cm³/mol. The number of likely N-dealkylation sites (tertiary alicyclic amines) is 1. The second-order valence-electron chi connectivity index (χ2n) is 5.92. The molecule has 1 fully saturated rings. The quantitative estimate of drug-likeness (QED) is 0.816. The van der Waals surface area contributed by atoms with Gasteiger partial charge in [0.15, 0.2) is 0 Å². The lowest BCUT2D eigenvalue weighted by Gasteiger charge is -2.42. The van der Waals surface area contributed by atoms with Crippen LogP contribution in [0.25, 0.3) is 0 Å². The number of hydrogen-bond donors (Lipinski definition) is 2. The van der Waals surface area contributed by atoms with Crippen LogP contribution >= 0.6 is 0 Å². The van der Waals surface area contributed by atoms with Crippen molar-refractivity contribution in [1.29, 1.82) is 0 Å². The molecule has 1 aromatic carbocycles. The molecule has 0 aliphatic carbocycles. The van der Waals surface area contributed by atoms with Gasteiger partial charge in [-0.1, -0.05) is 12.1 Å². The SMILES string of the molecule is CC(C)(C(=O)N1CC(CC(=O)O)C1)c1ccc(N)cc1. The van der Waals surface area contributed by atoms with E-state index in [9.17, 15) is 9.59 Å². The van der Waals surface area contributed by atoms with Crippen LogP contribution in [0.2, 0.25) is 0 Å². The number of nitrogens with zero attached hydrogens (tertiary/aromatic N) is 1. The van der Waals surface area contributed by atoms with Crippen LogP contribution in [0.3, 0.4) is 0 Å². The Kier molecular flexibility index (Phi) is 3.70. The lowest BCUT2D eigenvalue weighted by molar-refractivity contribution is -0.148. The molecule has 5 heteroatoms. The molecule has 20 heavy (non-hydrogen) atoms. The van der Waals surface area contributed by atoms with Crippen molar-refractivity contribution in [2.45, 2.75) is 25.7 Å². The van der Waals surface area contributed by atoms with Gasteiger partial charge in [-0.3, -0.25) is 9.59 Å². The third-order valence-electron chi connectivity index (χ3n) is 3.87. The molecule has 1 heterocycles. The Bertz CT molecular complexity index is 516. The van der Waals surface area contributed by atoms with Gasteiger partial charge in [-0.2, -0.15) is 0 Å². The van der Waals surface area contributed by atoms with Gasteiger partial charge in [-0.05, 0) is 31.5 Å². The van der Waals surface area contributed by atoms with Gasteiger partial charge in [-0.25, -0.2) is 0 Å². The van der Waals surface area contributed by atoms with Gasteiger partial charge in [0.05, 0.1) is 11.8 Å². The van der Waals surface area contributed by atoms with E-state index in [1.165, 1.54) is 0 Å². The summed E-state index contributed by atoms with van der Waals surface area (Å²) in [5.41, 5.74) is 6.62. The summed E-state index contributed by atoms with van der Waals surface area (Å²) in [5.74, 6) is -0.692. The third kappa shape index (κ3) is 2.76. The summed E-state index contributed by atoms with van der Waals surface area (Å²) in [5, 5.41) is 8.72. The molecule has 1 aromatic rings. The van der Waals surface area contributed by atoms with E-state index in [-0.39, 0.29) is 18.2 Å². The average molecular weight is 276 g/mol. The Labute approximate surface area is 118 Å². The van der Waals surface area contributed by atoms with Gasteiger partial charge < -0.3 is 15.7 Å². The summed E-state index contributed by atoms with van der Waals surface area (Å²) in [4.78, 5) is 24.9. The minimum Gasteiger partial charge on any atom is -0.481 e. The van der Waals surface area contributed by atoms with Crippen LogP contribution in [0.1, 0.15) is 25.8 Å². The Balaban J connectivity index is 2.02. The van der Waals surface area contributed by atoms with Crippen LogP contribution in [0.15, 0.2) is 24.3 Å². The normalized spacial score (nSPS) is 15.8. The van der Waals surface area contributed by atoms with Crippen molar-refractivity contribution in [3.63, 3.8) is 0 Å². The van der Waals surface area contributed by atoms with Crippen LogP contribution in [0, 0.1) is 5.92 Å². The van der Waals surface area contributed by atoms with E-state index in [0.717, 1.165) is 5.56 Å². The van der Waals surface area contributed by atoms with Crippen LogP contribution < -0.4 is 5.73 Å². The first-order chi connectivity index (χ1) is 9.30. The highest BCUT2D eigenvalue weighted by molar-refractivity contribution is 5.88. The van der Waals surface area contributed by atoms with Crippen molar-refractivity contribution in [1.82, 2.24) is 4.90 Å². The number of aliphatic carboxylic acids is 1. The van der Waals surface area contributed by atoms with E-state index in [4.69, 9.17) is 10.8 Å². The summed E-state index contributed by atoms with van der Waals surface area (Å²) < 4.78 is 0.